The number of hydrogen-bond acceptors (Lipinski definition) is 2. The van der Waals surface area contributed by atoms with Crippen molar-refractivity contribution in [1.29, 1.82) is 0 Å². The maximum atomic E-state index is 10.8. The van der Waals surface area contributed by atoms with E-state index in [0.29, 0.717) is 24.7 Å². The number of aldehydes is 1. The Bertz CT molecular complexity index is 206. The molecular weight excluding hydrogens is 152 g/mol. The molecule has 1 aliphatic rings. The molecule has 0 amide bonds. The van der Waals surface area contributed by atoms with Crippen molar-refractivity contribution >= 4 is 12.1 Å². The monoisotopic (exact) mass is 168 g/mol. The summed E-state index contributed by atoms with van der Waals surface area (Å²) >= 11 is 0. The van der Waals surface area contributed by atoms with Gasteiger partial charge in [-0.05, 0) is 24.2 Å². The number of hydrogen-bond donors (Lipinski definition) is 0. The Morgan fingerprint density at radius 1 is 1.42 bits per heavy atom. The smallest absolute Gasteiger partial charge is 0.130 e. The second-order valence-corrected chi connectivity index (χ2v) is 4.34. The van der Waals surface area contributed by atoms with Crippen LogP contribution in [0, 0.1) is 17.3 Å². The molecular formula is C10H16O2. The van der Waals surface area contributed by atoms with Crippen LogP contribution in [0.1, 0.15) is 33.6 Å². The molecule has 0 radical (unpaired) electrons. The minimum Gasteiger partial charge on any atom is -0.303 e. The molecule has 0 aromatic rings. The van der Waals surface area contributed by atoms with Crippen molar-refractivity contribution < 1.29 is 9.59 Å². The molecule has 2 atom stereocenters. The second kappa shape index (κ2) is 3.00. The summed E-state index contributed by atoms with van der Waals surface area (Å²) in [5, 5.41) is 0. The van der Waals surface area contributed by atoms with E-state index in [9.17, 15) is 9.59 Å². The van der Waals surface area contributed by atoms with Crippen LogP contribution >= 0.6 is 0 Å². The molecule has 1 aliphatic carbocycles. The minimum absolute atomic E-state index is 0.215. The first-order valence-corrected chi connectivity index (χ1v) is 4.43. The fourth-order valence-corrected chi connectivity index (χ4v) is 2.14. The second-order valence-electron chi connectivity index (χ2n) is 4.34. The quantitative estimate of drug-likeness (QED) is 0.600. The molecule has 0 spiro atoms. The summed E-state index contributed by atoms with van der Waals surface area (Å²) in [5.74, 6) is 1.13. The van der Waals surface area contributed by atoms with Crippen LogP contribution in [0.5, 0.6) is 0 Å². The zero-order valence-electron chi connectivity index (χ0n) is 7.96. The molecule has 0 aromatic heterocycles. The summed E-state index contributed by atoms with van der Waals surface area (Å²) in [4.78, 5) is 21.1. The van der Waals surface area contributed by atoms with Crippen molar-refractivity contribution in [2.75, 3.05) is 0 Å². The molecule has 1 rings (SSSR count). The zero-order chi connectivity index (χ0) is 9.35. The topological polar surface area (TPSA) is 34.1 Å². The van der Waals surface area contributed by atoms with Gasteiger partial charge in [0, 0.05) is 12.8 Å². The van der Waals surface area contributed by atoms with E-state index in [1.54, 1.807) is 6.92 Å². The number of Topliss-reactive ketones (excluding diaryl/α,β-unsaturated/α-hetero) is 1. The van der Waals surface area contributed by atoms with Crippen LogP contribution in [0.15, 0.2) is 0 Å². The Kier molecular flexibility index (Phi) is 2.36. The molecule has 0 unspecified atom stereocenters. The number of ketones is 1. The lowest BCUT2D eigenvalue weighted by Crippen LogP contribution is -1.96. The molecule has 2 nitrogen and oxygen atoms in total. The van der Waals surface area contributed by atoms with Crippen LogP contribution in [-0.4, -0.2) is 12.1 Å². The maximum absolute atomic E-state index is 10.8. The van der Waals surface area contributed by atoms with Gasteiger partial charge in [0.1, 0.15) is 12.1 Å². The summed E-state index contributed by atoms with van der Waals surface area (Å²) in [7, 11) is 0. The first-order valence-electron chi connectivity index (χ1n) is 4.43. The van der Waals surface area contributed by atoms with E-state index in [-0.39, 0.29) is 11.2 Å². The van der Waals surface area contributed by atoms with Gasteiger partial charge >= 0.3 is 0 Å². The van der Waals surface area contributed by atoms with Gasteiger partial charge in [-0.2, -0.15) is 0 Å². The van der Waals surface area contributed by atoms with Crippen LogP contribution in [0.3, 0.4) is 0 Å². The SMILES string of the molecule is CC(=O)C[C@H]1[C@H](CC=O)C1(C)C. The Balaban J connectivity index is 2.48. The highest BCUT2D eigenvalue weighted by molar-refractivity contribution is 5.76. The molecule has 12 heavy (non-hydrogen) atoms. The van der Waals surface area contributed by atoms with Crippen LogP contribution in [0.2, 0.25) is 0 Å². The lowest BCUT2D eigenvalue weighted by molar-refractivity contribution is -0.117. The van der Waals surface area contributed by atoms with Gasteiger partial charge in [0.15, 0.2) is 0 Å². The normalized spacial score (nSPS) is 31.2. The molecule has 68 valence electrons. The van der Waals surface area contributed by atoms with Crippen molar-refractivity contribution in [1.82, 2.24) is 0 Å². The molecule has 1 fully saturated rings. The Labute approximate surface area is 73.3 Å². The van der Waals surface area contributed by atoms with E-state index in [1.165, 1.54) is 0 Å². The van der Waals surface area contributed by atoms with Gasteiger partial charge in [0.05, 0.1) is 0 Å². The maximum Gasteiger partial charge on any atom is 0.130 e. The summed E-state index contributed by atoms with van der Waals surface area (Å²) in [6.07, 6.45) is 2.23. The van der Waals surface area contributed by atoms with Crippen molar-refractivity contribution in [2.24, 2.45) is 17.3 Å². The summed E-state index contributed by atoms with van der Waals surface area (Å²) in [6.45, 7) is 5.88. The highest BCUT2D eigenvalue weighted by Crippen LogP contribution is 2.61. The third-order valence-corrected chi connectivity index (χ3v) is 3.15. The third kappa shape index (κ3) is 1.57. The van der Waals surface area contributed by atoms with Crippen LogP contribution in [0.25, 0.3) is 0 Å². The Morgan fingerprint density at radius 3 is 2.42 bits per heavy atom. The molecule has 1 saturated carbocycles. The van der Waals surface area contributed by atoms with Crippen molar-refractivity contribution in [2.45, 2.75) is 33.6 Å². The highest BCUT2D eigenvalue weighted by atomic mass is 16.1. The van der Waals surface area contributed by atoms with E-state index in [0.717, 1.165) is 6.29 Å². The van der Waals surface area contributed by atoms with E-state index in [2.05, 4.69) is 13.8 Å². The van der Waals surface area contributed by atoms with E-state index in [4.69, 9.17) is 0 Å². The standard InChI is InChI=1S/C10H16O2/c1-7(12)6-9-8(4-5-11)10(9,2)3/h5,8-9H,4,6H2,1-3H3/t8-,9-/m0/s1. The zero-order valence-corrected chi connectivity index (χ0v) is 7.96. The number of rotatable bonds is 4. The van der Waals surface area contributed by atoms with E-state index in [1.807, 2.05) is 0 Å². The lowest BCUT2D eigenvalue weighted by atomic mass is 10.1. The summed E-state index contributed by atoms with van der Waals surface area (Å²) < 4.78 is 0. The van der Waals surface area contributed by atoms with Crippen LogP contribution < -0.4 is 0 Å². The summed E-state index contributed by atoms with van der Waals surface area (Å²) in [5.41, 5.74) is 0.215. The van der Waals surface area contributed by atoms with Gasteiger partial charge in [-0.25, -0.2) is 0 Å². The van der Waals surface area contributed by atoms with Crippen molar-refractivity contribution in [3.05, 3.63) is 0 Å². The largest absolute Gasteiger partial charge is 0.303 e. The van der Waals surface area contributed by atoms with E-state index >= 15 is 0 Å². The molecule has 0 heterocycles. The predicted octanol–water partition coefficient (Wildman–Crippen LogP) is 1.83. The Morgan fingerprint density at radius 2 is 2.00 bits per heavy atom. The van der Waals surface area contributed by atoms with Gasteiger partial charge in [0.2, 0.25) is 0 Å². The Hall–Kier alpha value is -0.660. The first kappa shape index (κ1) is 9.43. The number of carbonyl (C=O) groups excluding carboxylic acids is 2. The fourth-order valence-electron chi connectivity index (χ4n) is 2.14. The molecule has 0 saturated heterocycles. The average molecular weight is 168 g/mol. The molecule has 2 heteroatoms. The minimum atomic E-state index is 0.215. The molecule has 0 aliphatic heterocycles. The fraction of sp³-hybridized carbons (Fsp3) is 0.800. The van der Waals surface area contributed by atoms with Gasteiger partial charge in [-0.1, -0.05) is 13.8 Å². The number of carbonyl (C=O) groups is 2. The molecule has 0 bridgehead atoms. The highest BCUT2D eigenvalue weighted by Gasteiger charge is 2.56. The van der Waals surface area contributed by atoms with Gasteiger partial charge in [0.25, 0.3) is 0 Å². The molecule has 0 aromatic carbocycles. The van der Waals surface area contributed by atoms with E-state index < -0.39 is 0 Å². The first-order chi connectivity index (χ1) is 5.50. The lowest BCUT2D eigenvalue weighted by Gasteiger charge is -1.98. The van der Waals surface area contributed by atoms with Crippen LogP contribution in [-0.2, 0) is 9.59 Å². The van der Waals surface area contributed by atoms with Crippen molar-refractivity contribution in [3.63, 3.8) is 0 Å². The van der Waals surface area contributed by atoms with Gasteiger partial charge in [-0.15, -0.1) is 0 Å². The van der Waals surface area contributed by atoms with Gasteiger partial charge in [-0.3, -0.25) is 0 Å². The van der Waals surface area contributed by atoms with Crippen molar-refractivity contribution in [3.8, 4) is 0 Å². The average Bonchev–Trinajstić information content (AvgIpc) is 2.39. The summed E-state index contributed by atoms with van der Waals surface area (Å²) in [6, 6.07) is 0. The third-order valence-electron chi connectivity index (χ3n) is 3.15. The molecule has 0 N–H and O–H groups in total. The van der Waals surface area contributed by atoms with Gasteiger partial charge < -0.3 is 9.59 Å². The van der Waals surface area contributed by atoms with Crippen LogP contribution in [0.4, 0.5) is 0 Å². The predicted molar refractivity (Wildman–Crippen MR) is 46.7 cm³/mol.